The Kier molecular flexibility index (Phi) is 5.87. The third kappa shape index (κ3) is 3.83. The smallest absolute Gasteiger partial charge is 0.296 e. The average molecular weight is 395 g/mol. The summed E-state index contributed by atoms with van der Waals surface area (Å²) in [6.45, 7) is 1.92. The molecule has 1 unspecified atom stereocenters. The molecular formula is C9H11Cl5F3N3. The van der Waals surface area contributed by atoms with Gasteiger partial charge in [0.2, 0.25) is 14.4 Å². The molecule has 118 valence electrons. The molecule has 11 heteroatoms. The highest BCUT2D eigenvalue weighted by Crippen LogP contribution is 2.51. The van der Waals surface area contributed by atoms with Crippen LogP contribution in [-0.2, 0) is 0 Å². The van der Waals surface area contributed by atoms with Crippen LogP contribution in [0.15, 0.2) is 5.10 Å². The van der Waals surface area contributed by atoms with E-state index in [1.807, 2.05) is 6.92 Å². The zero-order valence-corrected chi connectivity index (χ0v) is 13.9. The molecule has 0 spiro atoms. The van der Waals surface area contributed by atoms with Gasteiger partial charge in [-0.2, -0.15) is 18.3 Å². The minimum Gasteiger partial charge on any atom is -0.296 e. The third-order valence-electron chi connectivity index (χ3n) is 2.57. The zero-order valence-electron chi connectivity index (χ0n) is 10.1. The van der Waals surface area contributed by atoms with Gasteiger partial charge in [0.25, 0.3) is 0 Å². The van der Waals surface area contributed by atoms with Crippen LogP contribution < -0.4 is 0 Å². The fourth-order valence-electron chi connectivity index (χ4n) is 1.59. The SMILES string of the molecule is CCCCN1N=CN(C(Cl)(Cl)C(Cl)(Cl)Cl)C1C(F)(F)F. The molecule has 1 rings (SSSR count). The van der Waals surface area contributed by atoms with E-state index in [4.69, 9.17) is 58.0 Å². The summed E-state index contributed by atoms with van der Waals surface area (Å²) < 4.78 is 34.8. The number of halogens is 8. The minimum absolute atomic E-state index is 0.0807. The molecule has 0 N–H and O–H groups in total. The van der Waals surface area contributed by atoms with Crippen molar-refractivity contribution in [2.75, 3.05) is 6.54 Å². The molecule has 0 saturated heterocycles. The lowest BCUT2D eigenvalue weighted by molar-refractivity contribution is -0.210. The van der Waals surface area contributed by atoms with Crippen molar-refractivity contribution < 1.29 is 13.2 Å². The summed E-state index contributed by atoms with van der Waals surface area (Å²) in [4.78, 5) is 0.485. The second-order valence-electron chi connectivity index (χ2n) is 4.11. The van der Waals surface area contributed by atoms with Gasteiger partial charge in [-0.3, -0.25) is 9.91 Å². The number of nitrogens with zero attached hydrogens (tertiary/aromatic N) is 3. The molecule has 0 aromatic carbocycles. The highest BCUT2D eigenvalue weighted by Gasteiger charge is 2.60. The molecule has 0 fully saturated rings. The van der Waals surface area contributed by atoms with Gasteiger partial charge in [-0.15, -0.1) is 0 Å². The molecule has 0 bridgehead atoms. The van der Waals surface area contributed by atoms with Gasteiger partial charge in [0.05, 0.1) is 0 Å². The van der Waals surface area contributed by atoms with Crippen molar-refractivity contribution in [1.82, 2.24) is 9.91 Å². The lowest BCUT2D eigenvalue weighted by Gasteiger charge is -2.41. The van der Waals surface area contributed by atoms with E-state index in [0.29, 0.717) is 17.7 Å². The molecule has 0 saturated carbocycles. The summed E-state index contributed by atoms with van der Waals surface area (Å²) in [5.74, 6) is 0. The Balaban J connectivity index is 3.06. The second kappa shape index (κ2) is 6.32. The van der Waals surface area contributed by atoms with E-state index in [1.54, 1.807) is 0 Å². The molecule has 0 radical (unpaired) electrons. The Morgan fingerprint density at radius 1 is 1.15 bits per heavy atom. The van der Waals surface area contributed by atoms with Crippen molar-refractivity contribution in [2.45, 2.75) is 40.4 Å². The van der Waals surface area contributed by atoms with Crippen LogP contribution in [0.2, 0.25) is 0 Å². The fraction of sp³-hybridized carbons (Fsp3) is 0.889. The summed E-state index contributed by atoms with van der Waals surface area (Å²) in [5.41, 5.74) is 0. The van der Waals surface area contributed by atoms with E-state index >= 15 is 0 Å². The number of alkyl halides is 8. The molecule has 0 amide bonds. The number of hydrogen-bond donors (Lipinski definition) is 0. The maximum atomic E-state index is 13.2. The van der Waals surface area contributed by atoms with Crippen LogP contribution in [0.1, 0.15) is 19.8 Å². The Bertz CT molecular complexity index is 369. The normalized spacial score (nSPS) is 20.9. The van der Waals surface area contributed by atoms with Gasteiger partial charge in [0.15, 0.2) is 0 Å². The molecule has 0 aromatic rings. The molecule has 1 aliphatic heterocycles. The Morgan fingerprint density at radius 3 is 2.10 bits per heavy atom. The molecule has 20 heavy (non-hydrogen) atoms. The first-order valence-corrected chi connectivity index (χ1v) is 7.42. The summed E-state index contributed by atoms with van der Waals surface area (Å²) in [5, 5.41) is 4.47. The van der Waals surface area contributed by atoms with Crippen LogP contribution in [0.3, 0.4) is 0 Å². The van der Waals surface area contributed by atoms with E-state index in [2.05, 4.69) is 5.10 Å². The van der Waals surface area contributed by atoms with Crippen molar-refractivity contribution in [3.63, 3.8) is 0 Å². The highest BCUT2D eigenvalue weighted by molar-refractivity contribution is 6.75. The van der Waals surface area contributed by atoms with Crippen molar-refractivity contribution in [3.05, 3.63) is 0 Å². The largest absolute Gasteiger partial charge is 0.429 e. The van der Waals surface area contributed by atoms with Crippen LogP contribution in [0, 0.1) is 0 Å². The summed E-state index contributed by atoms with van der Waals surface area (Å²) in [6, 6.07) is 0. The summed E-state index contributed by atoms with van der Waals surface area (Å²) in [7, 11) is 0. The topological polar surface area (TPSA) is 18.8 Å². The van der Waals surface area contributed by atoms with Gasteiger partial charge < -0.3 is 0 Å². The molecule has 0 aliphatic carbocycles. The van der Waals surface area contributed by atoms with Crippen molar-refractivity contribution in [2.24, 2.45) is 5.10 Å². The molecule has 1 aliphatic rings. The first kappa shape index (κ1) is 18.6. The van der Waals surface area contributed by atoms with Gasteiger partial charge in [0, 0.05) is 6.54 Å². The quantitative estimate of drug-likeness (QED) is 0.506. The first-order valence-electron chi connectivity index (χ1n) is 5.53. The third-order valence-corrected chi connectivity index (χ3v) is 4.93. The lowest BCUT2D eigenvalue weighted by Crippen LogP contribution is -2.59. The van der Waals surface area contributed by atoms with Crippen LogP contribution in [0.5, 0.6) is 0 Å². The van der Waals surface area contributed by atoms with E-state index in [1.165, 1.54) is 0 Å². The van der Waals surface area contributed by atoms with Crippen LogP contribution in [-0.4, -0.2) is 43.4 Å². The van der Waals surface area contributed by atoms with Gasteiger partial charge in [-0.1, -0.05) is 71.3 Å². The number of hydrazone groups is 1. The lowest BCUT2D eigenvalue weighted by atomic mass is 10.3. The van der Waals surface area contributed by atoms with Gasteiger partial charge in [0.1, 0.15) is 6.34 Å². The van der Waals surface area contributed by atoms with Crippen molar-refractivity contribution >= 4 is 64.3 Å². The molecule has 1 heterocycles. The maximum Gasteiger partial charge on any atom is 0.429 e. The van der Waals surface area contributed by atoms with Crippen LogP contribution >= 0.6 is 58.0 Å². The monoisotopic (exact) mass is 393 g/mol. The van der Waals surface area contributed by atoms with E-state index < -0.39 is 20.6 Å². The average Bonchev–Trinajstić information content (AvgIpc) is 2.68. The van der Waals surface area contributed by atoms with Gasteiger partial charge in [-0.25, -0.2) is 0 Å². The predicted molar refractivity (Wildman–Crippen MR) is 76.5 cm³/mol. The highest BCUT2D eigenvalue weighted by atomic mass is 35.6. The van der Waals surface area contributed by atoms with E-state index in [0.717, 1.165) is 11.3 Å². The summed E-state index contributed by atoms with van der Waals surface area (Å²) >= 11 is 28.2. The first-order chi connectivity index (χ1) is 8.93. The van der Waals surface area contributed by atoms with Crippen LogP contribution in [0.25, 0.3) is 0 Å². The predicted octanol–water partition coefficient (Wildman–Crippen LogP) is 4.74. The zero-order chi connectivity index (χ0) is 15.8. The van der Waals surface area contributed by atoms with Crippen molar-refractivity contribution in [3.8, 4) is 0 Å². The Morgan fingerprint density at radius 2 is 1.70 bits per heavy atom. The van der Waals surface area contributed by atoms with E-state index in [-0.39, 0.29) is 6.54 Å². The molecule has 0 aromatic heterocycles. The molecular weight excluding hydrogens is 384 g/mol. The molecule has 3 nitrogen and oxygen atoms in total. The van der Waals surface area contributed by atoms with Crippen molar-refractivity contribution in [1.29, 1.82) is 0 Å². The van der Waals surface area contributed by atoms with Gasteiger partial charge in [-0.05, 0) is 6.42 Å². The second-order valence-corrected chi connectivity index (χ2v) is 7.68. The molecule has 1 atom stereocenters. The Labute approximate surface area is 139 Å². The van der Waals surface area contributed by atoms with Crippen LogP contribution in [0.4, 0.5) is 13.2 Å². The summed E-state index contributed by atoms with van der Waals surface area (Å²) in [6.07, 6.45) is -4.80. The Hall–Kier alpha value is 0.510. The number of hydrogen-bond acceptors (Lipinski definition) is 3. The number of unbranched alkanes of at least 4 members (excludes halogenated alkanes) is 1. The van der Waals surface area contributed by atoms with E-state index in [9.17, 15) is 13.2 Å². The maximum absolute atomic E-state index is 13.2. The minimum atomic E-state index is -4.67. The number of rotatable bonds is 4. The standard InChI is InChI=1S/C9H11Cl5F3N3/c1-2-3-4-20-6(7(15,16)17)19(5-18-20)9(13,14)8(10,11)12/h5-6H,2-4H2,1H3. The fourth-order valence-corrected chi connectivity index (χ4v) is 2.16. The van der Waals surface area contributed by atoms with Gasteiger partial charge >= 0.3 is 6.18 Å².